The quantitative estimate of drug-likeness (QED) is 0.646. The Balaban J connectivity index is 1.80. The van der Waals surface area contributed by atoms with E-state index >= 15 is 0 Å². The number of carbonyl (C=O) groups is 3. The lowest BCUT2D eigenvalue weighted by molar-refractivity contribution is -0.163. The van der Waals surface area contributed by atoms with Crippen LogP contribution in [0.5, 0.6) is 5.75 Å². The van der Waals surface area contributed by atoms with Gasteiger partial charge in [-0.2, -0.15) is 13.2 Å². The van der Waals surface area contributed by atoms with E-state index in [1.165, 1.54) is 6.92 Å². The highest BCUT2D eigenvalue weighted by atomic mass is 19.4. The predicted molar refractivity (Wildman–Crippen MR) is 103 cm³/mol. The van der Waals surface area contributed by atoms with Crippen molar-refractivity contribution in [3.8, 4) is 5.75 Å². The Bertz CT molecular complexity index is 778. The highest BCUT2D eigenvalue weighted by molar-refractivity contribution is 5.96. The molecule has 0 aliphatic carbocycles. The Kier molecular flexibility index (Phi) is 8.52. The van der Waals surface area contributed by atoms with Crippen molar-refractivity contribution in [2.75, 3.05) is 31.6 Å². The van der Waals surface area contributed by atoms with Crippen LogP contribution in [0.1, 0.15) is 26.7 Å². The topological polar surface area (TPSA) is 94.2 Å². The fourth-order valence-electron chi connectivity index (χ4n) is 2.94. The van der Waals surface area contributed by atoms with E-state index in [9.17, 15) is 27.6 Å². The number of nitrogens with zero attached hydrogens (tertiary/aromatic N) is 1. The summed E-state index contributed by atoms with van der Waals surface area (Å²) in [6, 6.07) is 6.84. The van der Waals surface area contributed by atoms with E-state index in [-0.39, 0.29) is 25.9 Å². The first-order chi connectivity index (χ1) is 14.6. The second kappa shape index (κ2) is 10.9. The molecular weight excluding hydrogens is 421 g/mol. The third kappa shape index (κ3) is 7.65. The number of halogens is 3. The summed E-state index contributed by atoms with van der Waals surface area (Å²) in [6.07, 6.45) is -6.36. The van der Waals surface area contributed by atoms with Gasteiger partial charge in [0.15, 0.2) is 12.7 Å². The first kappa shape index (κ1) is 24.3. The minimum Gasteiger partial charge on any atom is -0.492 e. The molecule has 1 aromatic rings. The normalized spacial score (nSPS) is 15.7. The van der Waals surface area contributed by atoms with Gasteiger partial charge in [-0.1, -0.05) is 12.1 Å². The number of rotatable bonds is 7. The summed E-state index contributed by atoms with van der Waals surface area (Å²) >= 11 is 0. The summed E-state index contributed by atoms with van der Waals surface area (Å²) in [5.41, 5.74) is 0.447. The SMILES string of the molecule is CCOc1ccccc1NC(=O)C(C)OC(=O)C1CCN(C(=O)OCC(F)(F)F)CC1. The van der Waals surface area contributed by atoms with Gasteiger partial charge in [-0.25, -0.2) is 4.79 Å². The molecule has 1 aliphatic rings. The second-order valence-electron chi connectivity index (χ2n) is 6.93. The zero-order valence-electron chi connectivity index (χ0n) is 17.2. The molecule has 0 bridgehead atoms. The van der Waals surface area contributed by atoms with Crippen LogP contribution in [0.3, 0.4) is 0 Å². The first-order valence-electron chi connectivity index (χ1n) is 9.82. The lowest BCUT2D eigenvalue weighted by atomic mass is 9.97. The molecule has 2 amide bonds. The number of amides is 2. The van der Waals surface area contributed by atoms with Crippen molar-refractivity contribution in [1.29, 1.82) is 0 Å². The standard InChI is InChI=1S/C20H25F3N2O6/c1-3-29-16-7-5-4-6-15(16)24-17(26)13(2)31-18(27)14-8-10-25(11-9-14)19(28)30-12-20(21,22)23/h4-7,13-14H,3,8-12H2,1-2H3,(H,24,26). The van der Waals surface area contributed by atoms with Gasteiger partial charge < -0.3 is 24.4 Å². The van der Waals surface area contributed by atoms with Gasteiger partial charge in [0.2, 0.25) is 0 Å². The number of likely N-dealkylation sites (tertiary alicyclic amines) is 1. The zero-order valence-corrected chi connectivity index (χ0v) is 17.2. The van der Waals surface area contributed by atoms with Crippen molar-refractivity contribution in [2.45, 2.75) is 39.0 Å². The number of benzene rings is 1. The van der Waals surface area contributed by atoms with Gasteiger partial charge in [-0.3, -0.25) is 9.59 Å². The van der Waals surface area contributed by atoms with Crippen LogP contribution in [0.4, 0.5) is 23.7 Å². The number of piperidine rings is 1. The number of carbonyl (C=O) groups excluding carboxylic acids is 3. The molecule has 0 aromatic heterocycles. The van der Waals surface area contributed by atoms with Gasteiger partial charge >= 0.3 is 18.2 Å². The molecule has 1 fully saturated rings. The Morgan fingerprint density at radius 3 is 2.45 bits per heavy atom. The molecule has 0 spiro atoms. The molecule has 11 heteroatoms. The van der Waals surface area contributed by atoms with E-state index in [0.717, 1.165) is 4.90 Å². The number of hydrogen-bond acceptors (Lipinski definition) is 6. The minimum atomic E-state index is -4.60. The number of ether oxygens (including phenoxy) is 3. The molecule has 172 valence electrons. The summed E-state index contributed by atoms with van der Waals surface area (Å²) in [6.45, 7) is 2.11. The van der Waals surface area contributed by atoms with Gasteiger partial charge in [-0.05, 0) is 38.8 Å². The fraction of sp³-hybridized carbons (Fsp3) is 0.550. The average molecular weight is 446 g/mol. The number of anilines is 1. The van der Waals surface area contributed by atoms with Gasteiger partial charge in [0.25, 0.3) is 5.91 Å². The average Bonchev–Trinajstić information content (AvgIpc) is 2.73. The van der Waals surface area contributed by atoms with Crippen molar-refractivity contribution >= 4 is 23.7 Å². The van der Waals surface area contributed by atoms with Gasteiger partial charge in [-0.15, -0.1) is 0 Å². The van der Waals surface area contributed by atoms with Crippen molar-refractivity contribution < 1.29 is 41.8 Å². The lowest BCUT2D eigenvalue weighted by Crippen LogP contribution is -2.42. The number of alkyl halides is 3. The number of esters is 1. The van der Waals surface area contributed by atoms with Crippen LogP contribution in [0.15, 0.2) is 24.3 Å². The molecule has 1 aromatic carbocycles. The molecule has 1 N–H and O–H groups in total. The van der Waals surface area contributed by atoms with Gasteiger partial charge in [0.1, 0.15) is 5.75 Å². The Morgan fingerprint density at radius 1 is 1.19 bits per heavy atom. The number of nitrogens with one attached hydrogen (secondary N) is 1. The third-order valence-corrected chi connectivity index (χ3v) is 4.55. The molecule has 1 saturated heterocycles. The summed E-state index contributed by atoms with van der Waals surface area (Å²) in [5, 5.41) is 2.65. The van der Waals surface area contributed by atoms with Crippen molar-refractivity contribution in [3.63, 3.8) is 0 Å². The monoisotopic (exact) mass is 446 g/mol. The summed E-state index contributed by atoms with van der Waals surface area (Å²) in [4.78, 5) is 37.5. The maximum absolute atomic E-state index is 12.4. The zero-order chi connectivity index (χ0) is 23.0. The van der Waals surface area contributed by atoms with Crippen molar-refractivity contribution in [3.05, 3.63) is 24.3 Å². The summed E-state index contributed by atoms with van der Waals surface area (Å²) in [7, 11) is 0. The van der Waals surface area contributed by atoms with Crippen LogP contribution in [-0.4, -0.2) is 61.5 Å². The molecule has 1 unspecified atom stereocenters. The molecule has 1 aliphatic heterocycles. The minimum absolute atomic E-state index is 0.0543. The molecule has 1 heterocycles. The van der Waals surface area contributed by atoms with Crippen LogP contribution in [0.25, 0.3) is 0 Å². The van der Waals surface area contributed by atoms with E-state index in [4.69, 9.17) is 9.47 Å². The highest BCUT2D eigenvalue weighted by Gasteiger charge is 2.34. The van der Waals surface area contributed by atoms with Crippen LogP contribution in [0, 0.1) is 5.92 Å². The Morgan fingerprint density at radius 2 is 1.84 bits per heavy atom. The van der Waals surface area contributed by atoms with Crippen molar-refractivity contribution in [2.24, 2.45) is 5.92 Å². The van der Waals surface area contributed by atoms with Crippen molar-refractivity contribution in [1.82, 2.24) is 4.90 Å². The lowest BCUT2D eigenvalue weighted by Gasteiger charge is -2.30. The van der Waals surface area contributed by atoms with Crippen LogP contribution in [0.2, 0.25) is 0 Å². The second-order valence-corrected chi connectivity index (χ2v) is 6.93. The Labute approximate surface area is 177 Å². The predicted octanol–water partition coefficient (Wildman–Crippen LogP) is 3.37. The van der Waals surface area contributed by atoms with E-state index in [1.807, 2.05) is 6.92 Å². The fourth-order valence-corrected chi connectivity index (χ4v) is 2.94. The molecule has 1 atom stereocenters. The Hall–Kier alpha value is -2.98. The maximum atomic E-state index is 12.4. The smallest absolute Gasteiger partial charge is 0.422 e. The van der Waals surface area contributed by atoms with E-state index in [2.05, 4.69) is 10.1 Å². The summed E-state index contributed by atoms with van der Waals surface area (Å²) in [5.74, 6) is -1.22. The largest absolute Gasteiger partial charge is 0.492 e. The van der Waals surface area contributed by atoms with E-state index in [0.29, 0.717) is 18.0 Å². The first-order valence-corrected chi connectivity index (χ1v) is 9.82. The van der Waals surface area contributed by atoms with E-state index < -0.39 is 42.8 Å². The molecule has 8 nitrogen and oxygen atoms in total. The number of hydrogen-bond donors (Lipinski definition) is 1. The van der Waals surface area contributed by atoms with Crippen LogP contribution in [-0.2, 0) is 19.1 Å². The van der Waals surface area contributed by atoms with Crippen LogP contribution < -0.4 is 10.1 Å². The highest BCUT2D eigenvalue weighted by Crippen LogP contribution is 2.25. The molecule has 2 rings (SSSR count). The molecule has 31 heavy (non-hydrogen) atoms. The molecular formula is C20H25F3N2O6. The third-order valence-electron chi connectivity index (χ3n) is 4.55. The maximum Gasteiger partial charge on any atom is 0.422 e. The van der Waals surface area contributed by atoms with E-state index in [1.54, 1.807) is 24.3 Å². The molecule has 0 radical (unpaired) electrons. The van der Waals surface area contributed by atoms with Gasteiger partial charge in [0.05, 0.1) is 18.2 Å². The van der Waals surface area contributed by atoms with Gasteiger partial charge in [0, 0.05) is 13.1 Å². The molecule has 0 saturated carbocycles. The summed E-state index contributed by atoms with van der Waals surface area (Å²) < 4.78 is 51.3. The van der Waals surface area contributed by atoms with Crippen LogP contribution >= 0.6 is 0 Å². The number of para-hydroxylation sites is 2.